The standard InChI is InChI=1S/C10H16N2O2S/c1-4-14-6-5-12(3)10-11-8(2)9(7-13)15-10/h7H,4-6H2,1-3H3. The highest BCUT2D eigenvalue weighted by Gasteiger charge is 2.09. The Morgan fingerprint density at radius 1 is 1.60 bits per heavy atom. The van der Waals surface area contributed by atoms with Crippen molar-refractivity contribution >= 4 is 22.8 Å². The zero-order chi connectivity index (χ0) is 11.3. The van der Waals surface area contributed by atoms with Gasteiger partial charge >= 0.3 is 0 Å². The van der Waals surface area contributed by atoms with E-state index in [2.05, 4.69) is 4.98 Å². The molecule has 0 saturated carbocycles. The average molecular weight is 228 g/mol. The van der Waals surface area contributed by atoms with Gasteiger partial charge in [-0.1, -0.05) is 11.3 Å². The van der Waals surface area contributed by atoms with E-state index in [9.17, 15) is 4.79 Å². The molecule has 0 fully saturated rings. The first-order valence-electron chi connectivity index (χ1n) is 4.90. The van der Waals surface area contributed by atoms with Crippen molar-refractivity contribution in [1.29, 1.82) is 0 Å². The third-order valence-corrected chi connectivity index (χ3v) is 3.23. The van der Waals surface area contributed by atoms with Gasteiger partial charge in [-0.3, -0.25) is 4.79 Å². The van der Waals surface area contributed by atoms with E-state index in [0.717, 1.165) is 30.3 Å². The second-order valence-corrected chi connectivity index (χ2v) is 4.19. The Hall–Kier alpha value is -0.940. The summed E-state index contributed by atoms with van der Waals surface area (Å²) in [6.07, 6.45) is 0.854. The van der Waals surface area contributed by atoms with Gasteiger partial charge in [0, 0.05) is 20.2 Å². The monoisotopic (exact) mass is 228 g/mol. The van der Waals surface area contributed by atoms with Gasteiger partial charge in [0.2, 0.25) is 0 Å². The topological polar surface area (TPSA) is 42.4 Å². The van der Waals surface area contributed by atoms with E-state index in [1.54, 1.807) is 0 Å². The molecule has 1 rings (SSSR count). The molecule has 4 nitrogen and oxygen atoms in total. The maximum absolute atomic E-state index is 10.7. The summed E-state index contributed by atoms with van der Waals surface area (Å²) in [5.74, 6) is 0. The van der Waals surface area contributed by atoms with Gasteiger partial charge in [0.15, 0.2) is 11.4 Å². The summed E-state index contributed by atoms with van der Waals surface area (Å²) in [7, 11) is 1.95. The molecule has 0 aliphatic heterocycles. The number of carbonyl (C=O) groups excluding carboxylic acids is 1. The average Bonchev–Trinajstić information content (AvgIpc) is 2.60. The van der Waals surface area contributed by atoms with Crippen molar-refractivity contribution in [2.24, 2.45) is 0 Å². The van der Waals surface area contributed by atoms with Crippen molar-refractivity contribution in [2.75, 3.05) is 31.7 Å². The molecule has 15 heavy (non-hydrogen) atoms. The number of thiazole rings is 1. The molecule has 1 heterocycles. The van der Waals surface area contributed by atoms with Crippen LogP contribution in [0.5, 0.6) is 0 Å². The summed E-state index contributed by atoms with van der Waals surface area (Å²) in [5, 5.41) is 0.870. The molecule has 0 atom stereocenters. The van der Waals surface area contributed by atoms with Crippen LogP contribution in [0.25, 0.3) is 0 Å². The first-order chi connectivity index (χ1) is 7.19. The maximum Gasteiger partial charge on any atom is 0.186 e. The SMILES string of the molecule is CCOCCN(C)c1nc(C)c(C=O)s1. The predicted octanol–water partition coefficient (Wildman–Crippen LogP) is 1.74. The fourth-order valence-electron chi connectivity index (χ4n) is 1.11. The number of aromatic nitrogens is 1. The second-order valence-electron chi connectivity index (χ2n) is 3.18. The zero-order valence-electron chi connectivity index (χ0n) is 9.32. The molecule has 0 saturated heterocycles. The van der Waals surface area contributed by atoms with Crippen LogP contribution in [0.2, 0.25) is 0 Å². The van der Waals surface area contributed by atoms with Gasteiger partial charge in [0.25, 0.3) is 0 Å². The van der Waals surface area contributed by atoms with Crippen LogP contribution in [0.1, 0.15) is 22.3 Å². The van der Waals surface area contributed by atoms with Crippen LogP contribution >= 0.6 is 11.3 Å². The molecule has 0 aliphatic rings. The first kappa shape index (κ1) is 12.1. The van der Waals surface area contributed by atoms with E-state index < -0.39 is 0 Å². The van der Waals surface area contributed by atoms with Crippen LogP contribution in [0.15, 0.2) is 0 Å². The Labute approximate surface area is 93.9 Å². The molecule has 0 N–H and O–H groups in total. The molecule has 5 heteroatoms. The van der Waals surface area contributed by atoms with Crippen LogP contribution in [0.4, 0.5) is 5.13 Å². The number of ether oxygens (including phenoxy) is 1. The lowest BCUT2D eigenvalue weighted by Gasteiger charge is -2.14. The Kier molecular flexibility index (Phi) is 4.71. The minimum atomic E-state index is 0.683. The van der Waals surface area contributed by atoms with Crippen molar-refractivity contribution in [3.8, 4) is 0 Å². The van der Waals surface area contributed by atoms with Crippen LogP contribution in [0, 0.1) is 6.92 Å². The number of carbonyl (C=O) groups is 1. The third kappa shape index (κ3) is 3.28. The van der Waals surface area contributed by atoms with Gasteiger partial charge in [-0.05, 0) is 13.8 Å². The van der Waals surface area contributed by atoms with Gasteiger partial charge in [-0.25, -0.2) is 4.98 Å². The lowest BCUT2D eigenvalue weighted by atomic mass is 10.4. The van der Waals surface area contributed by atoms with Crippen LogP contribution in [-0.4, -0.2) is 38.1 Å². The quantitative estimate of drug-likeness (QED) is 0.549. The van der Waals surface area contributed by atoms with Crippen LogP contribution in [-0.2, 0) is 4.74 Å². The van der Waals surface area contributed by atoms with E-state index in [0.29, 0.717) is 11.5 Å². The van der Waals surface area contributed by atoms with Crippen LogP contribution < -0.4 is 4.90 Å². The number of nitrogens with zero attached hydrogens (tertiary/aromatic N) is 2. The van der Waals surface area contributed by atoms with E-state index in [4.69, 9.17) is 4.74 Å². The molecular weight excluding hydrogens is 212 g/mol. The lowest BCUT2D eigenvalue weighted by Crippen LogP contribution is -2.22. The highest BCUT2D eigenvalue weighted by molar-refractivity contribution is 7.17. The Morgan fingerprint density at radius 2 is 2.33 bits per heavy atom. The number of aryl methyl sites for hydroxylation is 1. The number of hydrogen-bond acceptors (Lipinski definition) is 5. The minimum absolute atomic E-state index is 0.683. The Morgan fingerprint density at radius 3 is 2.87 bits per heavy atom. The second kappa shape index (κ2) is 5.82. The Bertz CT molecular complexity index is 325. The fourth-order valence-corrected chi connectivity index (χ4v) is 1.98. The summed E-state index contributed by atoms with van der Waals surface area (Å²) >= 11 is 1.42. The van der Waals surface area contributed by atoms with E-state index in [1.807, 2.05) is 25.8 Å². The molecule has 84 valence electrons. The zero-order valence-corrected chi connectivity index (χ0v) is 10.1. The normalized spacial score (nSPS) is 10.3. The molecule has 1 aromatic rings. The fraction of sp³-hybridized carbons (Fsp3) is 0.600. The molecule has 0 unspecified atom stereocenters. The predicted molar refractivity (Wildman–Crippen MR) is 62.0 cm³/mol. The number of aldehydes is 1. The van der Waals surface area contributed by atoms with Crippen molar-refractivity contribution in [3.63, 3.8) is 0 Å². The smallest absolute Gasteiger partial charge is 0.186 e. The molecule has 0 bridgehead atoms. The number of hydrogen-bond donors (Lipinski definition) is 0. The highest BCUT2D eigenvalue weighted by Crippen LogP contribution is 2.23. The molecular formula is C10H16N2O2S. The molecule has 0 aliphatic carbocycles. The van der Waals surface area contributed by atoms with Gasteiger partial charge in [0.05, 0.1) is 17.2 Å². The minimum Gasteiger partial charge on any atom is -0.380 e. The molecule has 0 spiro atoms. The third-order valence-electron chi connectivity index (χ3n) is 2.03. The van der Waals surface area contributed by atoms with Crippen molar-refractivity contribution in [3.05, 3.63) is 10.6 Å². The summed E-state index contributed by atoms with van der Waals surface area (Å²) in [5.41, 5.74) is 0.799. The lowest BCUT2D eigenvalue weighted by molar-refractivity contribution is 0.112. The van der Waals surface area contributed by atoms with Gasteiger partial charge in [0.1, 0.15) is 0 Å². The van der Waals surface area contributed by atoms with Crippen LogP contribution in [0.3, 0.4) is 0 Å². The van der Waals surface area contributed by atoms with Crippen molar-refractivity contribution in [1.82, 2.24) is 4.98 Å². The number of likely N-dealkylation sites (N-methyl/N-ethyl adjacent to an activating group) is 1. The largest absolute Gasteiger partial charge is 0.380 e. The first-order valence-corrected chi connectivity index (χ1v) is 5.72. The van der Waals surface area contributed by atoms with E-state index >= 15 is 0 Å². The van der Waals surface area contributed by atoms with Crippen molar-refractivity contribution in [2.45, 2.75) is 13.8 Å². The number of anilines is 1. The maximum atomic E-state index is 10.7. The van der Waals surface area contributed by atoms with Gasteiger partial charge < -0.3 is 9.64 Å². The number of rotatable bonds is 6. The summed E-state index contributed by atoms with van der Waals surface area (Å²) in [6, 6.07) is 0. The summed E-state index contributed by atoms with van der Waals surface area (Å²) in [4.78, 5) is 17.7. The molecule has 1 aromatic heterocycles. The van der Waals surface area contributed by atoms with Gasteiger partial charge in [-0.2, -0.15) is 0 Å². The van der Waals surface area contributed by atoms with Crippen molar-refractivity contribution < 1.29 is 9.53 Å². The molecule has 0 radical (unpaired) electrons. The molecule has 0 aromatic carbocycles. The highest BCUT2D eigenvalue weighted by atomic mass is 32.1. The Balaban J connectivity index is 2.57. The summed E-state index contributed by atoms with van der Waals surface area (Å²) in [6.45, 7) is 6.02. The van der Waals surface area contributed by atoms with E-state index in [-0.39, 0.29) is 0 Å². The van der Waals surface area contributed by atoms with E-state index in [1.165, 1.54) is 11.3 Å². The van der Waals surface area contributed by atoms with Gasteiger partial charge in [-0.15, -0.1) is 0 Å². The molecule has 0 amide bonds. The summed E-state index contributed by atoms with van der Waals surface area (Å²) < 4.78 is 5.25.